The molecule has 4 rings (SSSR count). The number of H-pyrrole nitrogens is 3. The van der Waals surface area contributed by atoms with Gasteiger partial charge in [0.2, 0.25) is 0 Å². The number of aromatic amines is 3. The molecule has 0 saturated heterocycles. The van der Waals surface area contributed by atoms with Crippen LogP contribution < -0.4 is 16.6 Å². The summed E-state index contributed by atoms with van der Waals surface area (Å²) in [5.74, 6) is -0.779. The number of hydrogen-bond donors (Lipinski definition) is 4. The van der Waals surface area contributed by atoms with Crippen LogP contribution in [0.15, 0.2) is 56.6 Å². The SMILES string of the molecule is O=C(Nc1cccc(-c2noc(=O)[nH]2)c1)c1ccc2c(=O)[nH]c(=S)[nH]c2c1. The van der Waals surface area contributed by atoms with E-state index >= 15 is 0 Å². The Labute approximate surface area is 155 Å². The lowest BCUT2D eigenvalue weighted by molar-refractivity contribution is 0.102. The first-order valence-corrected chi connectivity index (χ1v) is 8.14. The van der Waals surface area contributed by atoms with Crippen molar-refractivity contribution in [2.24, 2.45) is 0 Å². The fourth-order valence-corrected chi connectivity index (χ4v) is 2.82. The first-order chi connectivity index (χ1) is 13.0. The summed E-state index contributed by atoms with van der Waals surface area (Å²) in [6, 6.07) is 11.4. The molecule has 0 aliphatic carbocycles. The molecule has 2 aromatic carbocycles. The molecule has 134 valence electrons. The molecule has 0 atom stereocenters. The van der Waals surface area contributed by atoms with Crippen LogP contribution in [0, 0.1) is 4.77 Å². The van der Waals surface area contributed by atoms with Crippen molar-refractivity contribution in [2.75, 3.05) is 5.32 Å². The molecule has 27 heavy (non-hydrogen) atoms. The van der Waals surface area contributed by atoms with Crippen molar-refractivity contribution in [3.8, 4) is 11.4 Å². The van der Waals surface area contributed by atoms with Crippen molar-refractivity contribution in [1.82, 2.24) is 20.1 Å². The number of benzene rings is 2. The lowest BCUT2D eigenvalue weighted by Gasteiger charge is -2.07. The number of amides is 1. The Morgan fingerprint density at radius 3 is 2.70 bits per heavy atom. The Kier molecular flexibility index (Phi) is 4.01. The van der Waals surface area contributed by atoms with E-state index in [9.17, 15) is 14.4 Å². The summed E-state index contributed by atoms with van der Waals surface area (Å²) < 4.78 is 4.66. The molecular weight excluding hydrogens is 370 g/mol. The van der Waals surface area contributed by atoms with Gasteiger partial charge in [0, 0.05) is 16.8 Å². The van der Waals surface area contributed by atoms with E-state index in [0.29, 0.717) is 27.7 Å². The van der Waals surface area contributed by atoms with Gasteiger partial charge >= 0.3 is 5.76 Å². The number of carbonyl (C=O) groups is 1. The average Bonchev–Trinajstić information content (AvgIpc) is 3.08. The number of hydrogen-bond acceptors (Lipinski definition) is 6. The molecule has 0 aliphatic heterocycles. The van der Waals surface area contributed by atoms with Crippen LogP contribution in [0.25, 0.3) is 22.3 Å². The summed E-state index contributed by atoms with van der Waals surface area (Å²) in [5.41, 5.74) is 1.56. The molecule has 0 radical (unpaired) electrons. The first-order valence-electron chi connectivity index (χ1n) is 7.74. The summed E-state index contributed by atoms with van der Waals surface area (Å²) in [6.07, 6.45) is 0. The topological polar surface area (TPSA) is 137 Å². The van der Waals surface area contributed by atoms with E-state index in [-0.39, 0.29) is 22.1 Å². The van der Waals surface area contributed by atoms with E-state index in [2.05, 4.69) is 29.9 Å². The van der Waals surface area contributed by atoms with Gasteiger partial charge in [-0.15, -0.1) is 0 Å². The molecule has 1 amide bonds. The minimum atomic E-state index is -0.664. The molecule has 4 N–H and O–H groups in total. The van der Waals surface area contributed by atoms with Crippen LogP contribution in [-0.4, -0.2) is 26.0 Å². The van der Waals surface area contributed by atoms with Crippen molar-refractivity contribution >= 4 is 34.7 Å². The Hall–Kier alpha value is -3.79. The molecular formula is C17H11N5O4S. The largest absolute Gasteiger partial charge is 0.439 e. The number of anilines is 1. The maximum Gasteiger partial charge on any atom is 0.439 e. The maximum atomic E-state index is 12.6. The van der Waals surface area contributed by atoms with Gasteiger partial charge in [0.1, 0.15) is 0 Å². The van der Waals surface area contributed by atoms with Gasteiger partial charge in [-0.1, -0.05) is 17.3 Å². The number of rotatable bonds is 3. The van der Waals surface area contributed by atoms with Crippen LogP contribution in [0.1, 0.15) is 10.4 Å². The number of aromatic nitrogens is 4. The molecule has 0 bridgehead atoms. The van der Waals surface area contributed by atoms with Gasteiger partial charge in [0.05, 0.1) is 10.9 Å². The van der Waals surface area contributed by atoms with Gasteiger partial charge in [-0.3, -0.25) is 24.1 Å². The average molecular weight is 381 g/mol. The first kappa shape index (κ1) is 16.7. The third-order valence-electron chi connectivity index (χ3n) is 3.84. The molecule has 0 unspecified atom stereocenters. The zero-order valence-electron chi connectivity index (χ0n) is 13.5. The second-order valence-electron chi connectivity index (χ2n) is 5.65. The van der Waals surface area contributed by atoms with Gasteiger partial charge in [-0.05, 0) is 42.5 Å². The molecule has 9 nitrogen and oxygen atoms in total. The van der Waals surface area contributed by atoms with Crippen molar-refractivity contribution in [2.45, 2.75) is 0 Å². The highest BCUT2D eigenvalue weighted by Gasteiger charge is 2.10. The van der Waals surface area contributed by atoms with Crippen molar-refractivity contribution in [3.63, 3.8) is 0 Å². The summed E-state index contributed by atoms with van der Waals surface area (Å²) in [5, 5.41) is 6.77. The highest BCUT2D eigenvalue weighted by atomic mass is 32.1. The molecule has 10 heteroatoms. The molecule has 0 spiro atoms. The van der Waals surface area contributed by atoms with Crippen LogP contribution in [-0.2, 0) is 0 Å². The van der Waals surface area contributed by atoms with E-state index in [1.165, 1.54) is 0 Å². The number of nitrogens with zero attached hydrogens (tertiary/aromatic N) is 1. The van der Waals surface area contributed by atoms with E-state index in [1.807, 2.05) is 0 Å². The summed E-state index contributed by atoms with van der Waals surface area (Å²) in [6.45, 7) is 0. The Bertz CT molecular complexity index is 1350. The molecule has 0 aliphatic rings. The lowest BCUT2D eigenvalue weighted by Crippen LogP contribution is -2.13. The monoisotopic (exact) mass is 381 g/mol. The minimum absolute atomic E-state index is 0.180. The molecule has 4 aromatic rings. The fraction of sp³-hybridized carbons (Fsp3) is 0. The Morgan fingerprint density at radius 2 is 1.93 bits per heavy atom. The molecule has 0 saturated carbocycles. The maximum absolute atomic E-state index is 12.6. The molecule has 2 heterocycles. The quantitative estimate of drug-likeness (QED) is 0.402. The van der Waals surface area contributed by atoms with Gasteiger partial charge in [-0.25, -0.2) is 4.79 Å². The van der Waals surface area contributed by atoms with Crippen LogP contribution in [0.5, 0.6) is 0 Å². The van der Waals surface area contributed by atoms with E-state index in [0.717, 1.165) is 0 Å². The van der Waals surface area contributed by atoms with E-state index in [1.54, 1.807) is 42.5 Å². The summed E-state index contributed by atoms with van der Waals surface area (Å²) in [7, 11) is 0. The predicted molar refractivity (Wildman–Crippen MR) is 100 cm³/mol. The number of carbonyl (C=O) groups excluding carboxylic acids is 1. The fourth-order valence-electron chi connectivity index (χ4n) is 2.61. The zero-order chi connectivity index (χ0) is 19.0. The number of nitrogens with one attached hydrogen (secondary N) is 4. The van der Waals surface area contributed by atoms with Crippen molar-refractivity contribution < 1.29 is 9.32 Å². The third kappa shape index (κ3) is 3.33. The Morgan fingerprint density at radius 1 is 1.07 bits per heavy atom. The van der Waals surface area contributed by atoms with Gasteiger partial charge in [0.25, 0.3) is 11.5 Å². The third-order valence-corrected chi connectivity index (χ3v) is 4.04. The van der Waals surface area contributed by atoms with Crippen LogP contribution in [0.2, 0.25) is 0 Å². The van der Waals surface area contributed by atoms with Gasteiger partial charge in [0.15, 0.2) is 10.6 Å². The number of fused-ring (bicyclic) bond motifs is 1. The van der Waals surface area contributed by atoms with E-state index in [4.69, 9.17) is 12.2 Å². The highest BCUT2D eigenvalue weighted by molar-refractivity contribution is 7.71. The van der Waals surface area contributed by atoms with Gasteiger partial charge in [-0.2, -0.15) is 0 Å². The van der Waals surface area contributed by atoms with E-state index < -0.39 is 5.76 Å². The van der Waals surface area contributed by atoms with Gasteiger partial charge < -0.3 is 10.3 Å². The second kappa shape index (κ2) is 6.50. The smallest absolute Gasteiger partial charge is 0.332 e. The minimum Gasteiger partial charge on any atom is -0.332 e. The van der Waals surface area contributed by atoms with Crippen LogP contribution in [0.3, 0.4) is 0 Å². The predicted octanol–water partition coefficient (Wildman–Crippen LogP) is 2.18. The summed E-state index contributed by atoms with van der Waals surface area (Å²) in [4.78, 5) is 43.3. The second-order valence-corrected chi connectivity index (χ2v) is 6.06. The summed E-state index contributed by atoms with van der Waals surface area (Å²) >= 11 is 4.95. The normalized spacial score (nSPS) is 10.8. The van der Waals surface area contributed by atoms with Crippen LogP contribution in [0.4, 0.5) is 5.69 Å². The zero-order valence-corrected chi connectivity index (χ0v) is 14.3. The molecule has 2 aromatic heterocycles. The lowest BCUT2D eigenvalue weighted by atomic mass is 10.1. The van der Waals surface area contributed by atoms with Crippen molar-refractivity contribution in [3.05, 3.63) is 73.7 Å². The van der Waals surface area contributed by atoms with Crippen LogP contribution >= 0.6 is 12.2 Å². The highest BCUT2D eigenvalue weighted by Crippen LogP contribution is 2.19. The molecule has 0 fully saturated rings. The standard InChI is InChI=1S/C17H11N5O4S/c23-14(9-4-5-11-12(7-9)19-16(27)21-15(11)24)18-10-3-1-2-8(6-10)13-20-17(25)26-22-13/h1-7H,(H,18,23)(H,20,22,25)(H2,19,21,24,27). The Balaban J connectivity index is 1.64. The van der Waals surface area contributed by atoms with Crippen molar-refractivity contribution in [1.29, 1.82) is 0 Å².